The van der Waals surface area contributed by atoms with Gasteiger partial charge >= 0.3 is 0 Å². The average Bonchev–Trinajstić information content (AvgIpc) is 2.71. The van der Waals surface area contributed by atoms with Crippen molar-refractivity contribution in [3.63, 3.8) is 0 Å². The third kappa shape index (κ3) is 4.54. The molecule has 0 aliphatic heterocycles. The van der Waals surface area contributed by atoms with Gasteiger partial charge in [0.2, 0.25) is 10.0 Å². The number of non-ortho nitro benzene ring substituents is 1. The molecular formula is C19H23N3O6S. The predicted molar refractivity (Wildman–Crippen MR) is 107 cm³/mol. The molecule has 1 unspecified atom stereocenters. The second kappa shape index (κ2) is 8.58. The summed E-state index contributed by atoms with van der Waals surface area (Å²) in [4.78, 5) is 24.7. The lowest BCUT2D eigenvalue weighted by Gasteiger charge is -2.26. The minimum absolute atomic E-state index is 0.0704. The van der Waals surface area contributed by atoms with Crippen LogP contribution in [0.3, 0.4) is 0 Å². The molecular weight excluding hydrogens is 398 g/mol. The lowest BCUT2D eigenvalue weighted by atomic mass is 10.1. The van der Waals surface area contributed by atoms with E-state index in [1.54, 1.807) is 26.1 Å². The molecule has 156 valence electrons. The Morgan fingerprint density at radius 2 is 1.79 bits per heavy atom. The fourth-order valence-electron chi connectivity index (χ4n) is 2.71. The molecule has 0 heterocycles. The molecule has 0 bridgehead atoms. The van der Waals surface area contributed by atoms with Gasteiger partial charge in [-0.3, -0.25) is 14.9 Å². The van der Waals surface area contributed by atoms with Crippen LogP contribution in [-0.2, 0) is 10.0 Å². The Labute approximate surface area is 169 Å². The molecule has 0 aromatic heterocycles. The highest BCUT2D eigenvalue weighted by molar-refractivity contribution is 7.89. The van der Waals surface area contributed by atoms with Crippen molar-refractivity contribution in [2.24, 2.45) is 0 Å². The van der Waals surface area contributed by atoms with Crippen molar-refractivity contribution in [3.8, 4) is 5.75 Å². The SMILES string of the molecule is COc1ccc(C(=O)N(C)C(C)c2cccc([N+](=O)[O-])c2)cc1S(=O)(=O)N(C)C. The minimum Gasteiger partial charge on any atom is -0.495 e. The summed E-state index contributed by atoms with van der Waals surface area (Å²) in [6, 6.07) is 9.73. The minimum atomic E-state index is -3.83. The van der Waals surface area contributed by atoms with Crippen LogP contribution in [0, 0.1) is 10.1 Å². The quantitative estimate of drug-likeness (QED) is 0.502. The van der Waals surface area contributed by atoms with Gasteiger partial charge in [-0.25, -0.2) is 12.7 Å². The maximum Gasteiger partial charge on any atom is 0.269 e. The summed E-state index contributed by atoms with van der Waals surface area (Å²) in [5.74, 6) is -0.300. The highest BCUT2D eigenvalue weighted by Gasteiger charge is 2.26. The molecule has 0 spiro atoms. The van der Waals surface area contributed by atoms with E-state index in [-0.39, 0.29) is 21.9 Å². The average molecular weight is 421 g/mol. The first-order valence-electron chi connectivity index (χ1n) is 8.62. The van der Waals surface area contributed by atoms with Gasteiger partial charge in [0, 0.05) is 38.8 Å². The molecule has 10 heteroatoms. The van der Waals surface area contributed by atoms with E-state index in [0.29, 0.717) is 5.56 Å². The molecule has 2 aromatic carbocycles. The van der Waals surface area contributed by atoms with Gasteiger partial charge in [0.25, 0.3) is 11.6 Å². The van der Waals surface area contributed by atoms with Crippen molar-refractivity contribution in [2.45, 2.75) is 17.9 Å². The van der Waals surface area contributed by atoms with Gasteiger partial charge in [-0.15, -0.1) is 0 Å². The van der Waals surface area contributed by atoms with E-state index >= 15 is 0 Å². The van der Waals surface area contributed by atoms with E-state index < -0.39 is 26.9 Å². The van der Waals surface area contributed by atoms with Gasteiger partial charge < -0.3 is 9.64 Å². The summed E-state index contributed by atoms with van der Waals surface area (Å²) in [5.41, 5.74) is 0.676. The number of nitro groups is 1. The lowest BCUT2D eigenvalue weighted by Crippen LogP contribution is -2.30. The number of ether oxygens (including phenoxy) is 1. The summed E-state index contributed by atoms with van der Waals surface area (Å²) in [6.45, 7) is 1.73. The number of nitro benzene ring substituents is 1. The summed E-state index contributed by atoms with van der Waals surface area (Å²) in [5, 5.41) is 11.0. The molecule has 0 fully saturated rings. The van der Waals surface area contributed by atoms with Crippen LogP contribution in [0.4, 0.5) is 5.69 Å². The molecule has 0 N–H and O–H groups in total. The van der Waals surface area contributed by atoms with Gasteiger partial charge in [0.15, 0.2) is 0 Å². The Bertz CT molecular complexity index is 1040. The fourth-order valence-corrected chi connectivity index (χ4v) is 3.78. The van der Waals surface area contributed by atoms with E-state index in [4.69, 9.17) is 4.74 Å². The second-order valence-electron chi connectivity index (χ2n) is 6.60. The number of nitrogens with zero attached hydrogens (tertiary/aromatic N) is 3. The van der Waals surface area contributed by atoms with Crippen molar-refractivity contribution >= 4 is 21.6 Å². The lowest BCUT2D eigenvalue weighted by molar-refractivity contribution is -0.384. The number of carbonyl (C=O) groups excluding carboxylic acids is 1. The van der Waals surface area contributed by atoms with Crippen LogP contribution in [0.1, 0.15) is 28.9 Å². The molecule has 0 aliphatic rings. The van der Waals surface area contributed by atoms with Crippen molar-refractivity contribution in [3.05, 3.63) is 63.7 Å². The van der Waals surface area contributed by atoms with Crippen LogP contribution >= 0.6 is 0 Å². The number of rotatable bonds is 7. The summed E-state index contributed by atoms with van der Waals surface area (Å²) in [6.07, 6.45) is 0. The zero-order valence-corrected chi connectivity index (χ0v) is 17.6. The zero-order chi connectivity index (χ0) is 21.9. The largest absolute Gasteiger partial charge is 0.495 e. The Kier molecular flexibility index (Phi) is 6.60. The number of carbonyl (C=O) groups is 1. The number of hydrogen-bond acceptors (Lipinski definition) is 6. The molecule has 29 heavy (non-hydrogen) atoms. The highest BCUT2D eigenvalue weighted by Crippen LogP contribution is 2.29. The Morgan fingerprint density at radius 1 is 1.14 bits per heavy atom. The van der Waals surface area contributed by atoms with E-state index in [9.17, 15) is 23.3 Å². The Balaban J connectivity index is 2.41. The van der Waals surface area contributed by atoms with Gasteiger partial charge in [-0.2, -0.15) is 0 Å². The fraction of sp³-hybridized carbons (Fsp3) is 0.316. The predicted octanol–water partition coefficient (Wildman–Crippen LogP) is 2.69. The normalized spacial score (nSPS) is 12.5. The molecule has 0 saturated carbocycles. The van der Waals surface area contributed by atoms with E-state index in [1.165, 1.54) is 56.4 Å². The van der Waals surface area contributed by atoms with Crippen LogP contribution in [0.25, 0.3) is 0 Å². The molecule has 2 rings (SSSR count). The number of benzene rings is 2. The van der Waals surface area contributed by atoms with Gasteiger partial charge in [0.1, 0.15) is 10.6 Å². The number of amides is 1. The van der Waals surface area contributed by atoms with Gasteiger partial charge in [0.05, 0.1) is 18.1 Å². The van der Waals surface area contributed by atoms with Crippen molar-refractivity contribution < 1.29 is 22.9 Å². The molecule has 1 atom stereocenters. The highest BCUT2D eigenvalue weighted by atomic mass is 32.2. The molecule has 0 aliphatic carbocycles. The van der Waals surface area contributed by atoms with Crippen molar-refractivity contribution in [1.82, 2.24) is 9.21 Å². The summed E-state index contributed by atoms with van der Waals surface area (Å²) >= 11 is 0. The first-order chi connectivity index (χ1) is 13.5. The third-order valence-corrected chi connectivity index (χ3v) is 6.47. The van der Waals surface area contributed by atoms with Crippen LogP contribution in [-0.4, -0.2) is 56.7 Å². The van der Waals surface area contributed by atoms with Gasteiger partial charge in [-0.1, -0.05) is 12.1 Å². The smallest absolute Gasteiger partial charge is 0.269 e. The maximum atomic E-state index is 13.0. The summed E-state index contributed by atoms with van der Waals surface area (Å²) in [7, 11) is 1.85. The number of hydrogen-bond donors (Lipinski definition) is 0. The standard InChI is InChI=1S/C19H23N3O6S/c1-13(14-7-6-8-16(11-14)22(24)25)21(4)19(23)15-9-10-17(28-5)18(12-15)29(26,27)20(2)3/h6-13H,1-5H3. The van der Waals surface area contributed by atoms with Crippen LogP contribution in [0.2, 0.25) is 0 Å². The van der Waals surface area contributed by atoms with Gasteiger partial charge in [-0.05, 0) is 30.7 Å². The van der Waals surface area contributed by atoms with Crippen LogP contribution in [0.15, 0.2) is 47.4 Å². The van der Waals surface area contributed by atoms with Crippen molar-refractivity contribution in [2.75, 3.05) is 28.3 Å². The molecule has 9 nitrogen and oxygen atoms in total. The van der Waals surface area contributed by atoms with E-state index in [0.717, 1.165) is 4.31 Å². The molecule has 0 radical (unpaired) electrons. The maximum absolute atomic E-state index is 13.0. The Hall–Kier alpha value is -2.98. The van der Waals surface area contributed by atoms with E-state index in [2.05, 4.69) is 0 Å². The summed E-state index contributed by atoms with van der Waals surface area (Å²) < 4.78 is 31.3. The Morgan fingerprint density at radius 3 is 2.34 bits per heavy atom. The monoisotopic (exact) mass is 421 g/mol. The number of sulfonamides is 1. The third-order valence-electron chi connectivity index (χ3n) is 4.63. The zero-order valence-electron chi connectivity index (χ0n) is 16.8. The molecule has 2 aromatic rings. The van der Waals surface area contributed by atoms with Crippen LogP contribution < -0.4 is 4.74 Å². The molecule has 1 amide bonds. The topological polar surface area (TPSA) is 110 Å². The first-order valence-corrected chi connectivity index (χ1v) is 10.1. The second-order valence-corrected chi connectivity index (χ2v) is 8.72. The van der Waals surface area contributed by atoms with Crippen LogP contribution in [0.5, 0.6) is 5.75 Å². The van der Waals surface area contributed by atoms with E-state index in [1.807, 2.05) is 0 Å². The number of methoxy groups -OCH3 is 1. The molecule has 0 saturated heterocycles. The first kappa shape index (κ1) is 22.3. The van der Waals surface area contributed by atoms with Crippen molar-refractivity contribution in [1.29, 1.82) is 0 Å².